The van der Waals surface area contributed by atoms with Gasteiger partial charge in [-0.25, -0.2) is 0 Å². The largest absolute Gasteiger partial charge is 0.356 e. The van der Waals surface area contributed by atoms with Gasteiger partial charge in [-0.2, -0.15) is 0 Å². The van der Waals surface area contributed by atoms with Crippen molar-refractivity contribution in [1.29, 1.82) is 0 Å². The Bertz CT molecular complexity index is 471. The predicted molar refractivity (Wildman–Crippen MR) is 105 cm³/mol. The van der Waals surface area contributed by atoms with Crippen LogP contribution >= 0.6 is 24.0 Å². The summed E-state index contributed by atoms with van der Waals surface area (Å²) in [5, 5.41) is 15.4. The lowest BCUT2D eigenvalue weighted by Gasteiger charge is -2.12. The summed E-state index contributed by atoms with van der Waals surface area (Å²) in [4.78, 5) is 4.27. The van der Waals surface area contributed by atoms with E-state index in [4.69, 9.17) is 0 Å². The van der Waals surface area contributed by atoms with Crippen LogP contribution in [0.4, 0.5) is 0 Å². The van der Waals surface area contributed by atoms with Crippen LogP contribution < -0.4 is 10.6 Å². The van der Waals surface area contributed by atoms with Gasteiger partial charge in [-0.15, -0.1) is 34.2 Å². The summed E-state index contributed by atoms with van der Waals surface area (Å²) >= 11 is 0. The van der Waals surface area contributed by atoms with E-state index in [1.807, 2.05) is 7.05 Å². The first-order chi connectivity index (χ1) is 10.8. The van der Waals surface area contributed by atoms with Gasteiger partial charge in [0, 0.05) is 26.6 Å². The van der Waals surface area contributed by atoms with Crippen LogP contribution in [0.5, 0.6) is 0 Å². The van der Waals surface area contributed by atoms with E-state index >= 15 is 0 Å². The average molecular weight is 434 g/mol. The molecule has 0 fully saturated rings. The second-order valence-electron chi connectivity index (χ2n) is 5.91. The number of fused-ring (bicyclic) bond motifs is 1. The normalized spacial score (nSPS) is 14.6. The highest BCUT2D eigenvalue weighted by molar-refractivity contribution is 14.0. The Hall–Kier alpha value is -0.860. The van der Waals surface area contributed by atoms with Crippen molar-refractivity contribution in [3.05, 3.63) is 11.6 Å². The van der Waals surface area contributed by atoms with Gasteiger partial charge >= 0.3 is 0 Å². The van der Waals surface area contributed by atoms with E-state index in [2.05, 4.69) is 37.3 Å². The van der Waals surface area contributed by atoms with Gasteiger partial charge in [0.05, 0.1) is 6.54 Å². The zero-order valence-electron chi connectivity index (χ0n) is 14.5. The Labute approximate surface area is 157 Å². The zero-order chi connectivity index (χ0) is 15.6. The maximum atomic E-state index is 4.33. The Morgan fingerprint density at radius 2 is 2.00 bits per heavy atom. The Morgan fingerprint density at radius 3 is 2.78 bits per heavy atom. The molecule has 2 N–H and O–H groups in total. The van der Waals surface area contributed by atoms with E-state index in [1.54, 1.807) is 0 Å². The number of halogens is 1. The minimum atomic E-state index is 0. The molecule has 0 radical (unpaired) electrons. The fourth-order valence-corrected chi connectivity index (χ4v) is 2.82. The van der Waals surface area contributed by atoms with Crippen LogP contribution in [0.1, 0.15) is 63.5 Å². The van der Waals surface area contributed by atoms with Gasteiger partial charge in [-0.3, -0.25) is 4.99 Å². The van der Waals surface area contributed by atoms with E-state index in [-0.39, 0.29) is 24.0 Å². The maximum absolute atomic E-state index is 4.33. The minimum Gasteiger partial charge on any atom is -0.356 e. The minimum absolute atomic E-state index is 0. The van der Waals surface area contributed by atoms with Gasteiger partial charge in [0.2, 0.25) is 0 Å². The number of aliphatic imine (C=N–C) groups is 1. The number of aryl methyl sites for hydroxylation is 1. The predicted octanol–water partition coefficient (Wildman–Crippen LogP) is 2.87. The molecule has 132 valence electrons. The summed E-state index contributed by atoms with van der Waals surface area (Å²) in [6.45, 7) is 4.93. The molecule has 1 aliphatic rings. The highest BCUT2D eigenvalue weighted by atomic mass is 127. The molecule has 2 heterocycles. The van der Waals surface area contributed by atoms with E-state index in [1.165, 1.54) is 44.9 Å². The van der Waals surface area contributed by atoms with Crippen LogP contribution in [-0.4, -0.2) is 34.3 Å². The Morgan fingerprint density at radius 1 is 1.13 bits per heavy atom. The van der Waals surface area contributed by atoms with Crippen LogP contribution in [0.25, 0.3) is 0 Å². The van der Waals surface area contributed by atoms with Gasteiger partial charge < -0.3 is 15.2 Å². The van der Waals surface area contributed by atoms with Crippen molar-refractivity contribution in [2.24, 2.45) is 4.99 Å². The zero-order valence-corrected chi connectivity index (χ0v) is 16.8. The molecule has 0 saturated carbocycles. The van der Waals surface area contributed by atoms with Gasteiger partial charge in [0.25, 0.3) is 0 Å². The molecule has 0 bridgehead atoms. The molecule has 23 heavy (non-hydrogen) atoms. The number of rotatable bonds is 7. The van der Waals surface area contributed by atoms with Gasteiger partial charge in [0.15, 0.2) is 11.8 Å². The van der Waals surface area contributed by atoms with Crippen molar-refractivity contribution in [3.8, 4) is 0 Å². The molecule has 0 aliphatic carbocycles. The highest BCUT2D eigenvalue weighted by Gasteiger charge is 2.14. The first-order valence-corrected chi connectivity index (χ1v) is 8.70. The van der Waals surface area contributed by atoms with Gasteiger partial charge in [-0.05, 0) is 19.3 Å². The average Bonchev–Trinajstić information content (AvgIpc) is 2.77. The lowest BCUT2D eigenvalue weighted by Crippen LogP contribution is -2.37. The van der Waals surface area contributed by atoms with Crippen LogP contribution in [0.2, 0.25) is 0 Å². The quantitative estimate of drug-likeness (QED) is 0.300. The summed E-state index contributed by atoms with van der Waals surface area (Å²) in [6, 6.07) is 0. The van der Waals surface area contributed by atoms with E-state index in [9.17, 15) is 0 Å². The van der Waals surface area contributed by atoms with E-state index in [0.29, 0.717) is 6.54 Å². The summed E-state index contributed by atoms with van der Waals surface area (Å²) < 4.78 is 2.27. The fraction of sp³-hybridized carbons (Fsp3) is 0.812. The molecular weight excluding hydrogens is 403 g/mol. The molecule has 2 rings (SSSR count). The second kappa shape index (κ2) is 11.6. The van der Waals surface area contributed by atoms with Crippen LogP contribution in [0.15, 0.2) is 4.99 Å². The molecular formula is C16H31IN6. The van der Waals surface area contributed by atoms with Crippen LogP contribution in [0.3, 0.4) is 0 Å². The summed E-state index contributed by atoms with van der Waals surface area (Å²) in [5.41, 5.74) is 0. The molecule has 0 amide bonds. The molecule has 0 saturated heterocycles. The number of nitrogens with zero attached hydrogens (tertiary/aromatic N) is 4. The third kappa shape index (κ3) is 6.64. The molecule has 1 aliphatic heterocycles. The topological polar surface area (TPSA) is 67.1 Å². The smallest absolute Gasteiger partial charge is 0.191 e. The molecule has 1 aromatic rings. The van der Waals surface area contributed by atoms with Crippen molar-refractivity contribution >= 4 is 29.9 Å². The van der Waals surface area contributed by atoms with Crippen molar-refractivity contribution in [1.82, 2.24) is 25.4 Å². The van der Waals surface area contributed by atoms with Crippen molar-refractivity contribution in [2.45, 2.75) is 71.4 Å². The molecule has 0 spiro atoms. The number of aromatic nitrogens is 3. The second-order valence-corrected chi connectivity index (χ2v) is 5.91. The Kier molecular flexibility index (Phi) is 10.2. The third-order valence-corrected chi connectivity index (χ3v) is 4.15. The maximum Gasteiger partial charge on any atom is 0.191 e. The van der Waals surface area contributed by atoms with E-state index < -0.39 is 0 Å². The monoisotopic (exact) mass is 434 g/mol. The molecule has 0 atom stereocenters. The first kappa shape index (κ1) is 20.2. The number of hydrogen-bond acceptors (Lipinski definition) is 3. The molecule has 7 heteroatoms. The summed E-state index contributed by atoms with van der Waals surface area (Å²) in [5.74, 6) is 3.00. The van der Waals surface area contributed by atoms with Crippen LogP contribution in [-0.2, 0) is 19.5 Å². The SMILES string of the molecule is CCCCCCNC(=NC)NCc1nnc2n1CCCCC2.I. The van der Waals surface area contributed by atoms with Crippen LogP contribution in [0, 0.1) is 0 Å². The first-order valence-electron chi connectivity index (χ1n) is 8.70. The molecule has 1 aromatic heterocycles. The number of guanidine groups is 1. The standard InChI is InChI=1S/C16H30N6.HI/c1-3-4-5-8-11-18-16(17-2)19-13-15-21-20-14-10-7-6-9-12-22(14)15;/h3-13H2,1-2H3,(H2,17,18,19);1H. The number of unbranched alkanes of at least 4 members (excludes halogenated alkanes) is 3. The molecule has 6 nitrogen and oxygen atoms in total. The summed E-state index contributed by atoms with van der Waals surface area (Å²) in [6.07, 6.45) is 9.83. The summed E-state index contributed by atoms with van der Waals surface area (Å²) in [7, 11) is 1.81. The van der Waals surface area contributed by atoms with Crippen molar-refractivity contribution < 1.29 is 0 Å². The number of hydrogen-bond donors (Lipinski definition) is 2. The fourth-order valence-electron chi connectivity index (χ4n) is 2.82. The van der Waals surface area contributed by atoms with E-state index in [0.717, 1.165) is 37.1 Å². The third-order valence-electron chi connectivity index (χ3n) is 4.15. The van der Waals surface area contributed by atoms with Crippen molar-refractivity contribution in [3.63, 3.8) is 0 Å². The lowest BCUT2D eigenvalue weighted by molar-refractivity contribution is 0.595. The lowest BCUT2D eigenvalue weighted by atomic mass is 10.2. The Balaban J connectivity index is 0.00000264. The van der Waals surface area contributed by atoms with Gasteiger partial charge in [0.1, 0.15) is 5.82 Å². The number of nitrogens with one attached hydrogen (secondary N) is 2. The molecule has 0 unspecified atom stereocenters. The molecule has 0 aromatic carbocycles. The van der Waals surface area contributed by atoms with Gasteiger partial charge in [-0.1, -0.05) is 32.6 Å². The highest BCUT2D eigenvalue weighted by Crippen LogP contribution is 2.14. The van der Waals surface area contributed by atoms with Crippen molar-refractivity contribution in [2.75, 3.05) is 13.6 Å².